The molecule has 1 aromatic rings. The Bertz CT molecular complexity index is 408. The molecule has 2 rings (SSSR count). The molecule has 0 aromatic heterocycles. The van der Waals surface area contributed by atoms with Crippen LogP contribution in [0.25, 0.3) is 0 Å². The average Bonchev–Trinajstić information content (AvgIpc) is 2.70. The van der Waals surface area contributed by atoms with Gasteiger partial charge >= 0.3 is 0 Å². The fourth-order valence-electron chi connectivity index (χ4n) is 2.39. The number of amides is 1. The van der Waals surface area contributed by atoms with E-state index in [1.165, 1.54) is 0 Å². The van der Waals surface area contributed by atoms with Gasteiger partial charge < -0.3 is 10.6 Å². The standard InChI is InChI=1S/C14H20N2O/c1-9-5-4-6-10(2)13(9)16-14(17)12-8-15-7-11(12)3/h4-6,11-12,15H,7-8H2,1-3H3,(H,16,17). The fourth-order valence-corrected chi connectivity index (χ4v) is 2.39. The molecule has 92 valence electrons. The van der Waals surface area contributed by atoms with Gasteiger partial charge in [-0.1, -0.05) is 25.1 Å². The van der Waals surface area contributed by atoms with Gasteiger partial charge in [-0.2, -0.15) is 0 Å². The van der Waals surface area contributed by atoms with Crippen molar-refractivity contribution in [2.75, 3.05) is 18.4 Å². The Kier molecular flexibility index (Phi) is 3.48. The lowest BCUT2D eigenvalue weighted by Gasteiger charge is -2.17. The van der Waals surface area contributed by atoms with E-state index < -0.39 is 0 Å². The summed E-state index contributed by atoms with van der Waals surface area (Å²) in [4.78, 5) is 12.2. The predicted molar refractivity (Wildman–Crippen MR) is 70.1 cm³/mol. The van der Waals surface area contributed by atoms with Crippen molar-refractivity contribution in [2.45, 2.75) is 20.8 Å². The predicted octanol–water partition coefficient (Wildman–Crippen LogP) is 2.10. The van der Waals surface area contributed by atoms with Gasteiger partial charge in [-0.3, -0.25) is 4.79 Å². The summed E-state index contributed by atoms with van der Waals surface area (Å²) in [5.41, 5.74) is 3.21. The molecule has 0 radical (unpaired) electrons. The summed E-state index contributed by atoms with van der Waals surface area (Å²) in [6.45, 7) is 7.90. The van der Waals surface area contributed by atoms with E-state index in [9.17, 15) is 4.79 Å². The molecule has 1 aliphatic rings. The molecule has 2 atom stereocenters. The van der Waals surface area contributed by atoms with Gasteiger partial charge in [0.05, 0.1) is 5.92 Å². The first kappa shape index (κ1) is 12.1. The molecule has 2 unspecified atom stereocenters. The van der Waals surface area contributed by atoms with Crippen LogP contribution < -0.4 is 10.6 Å². The Morgan fingerprint density at radius 3 is 2.47 bits per heavy atom. The normalized spacial score (nSPS) is 23.7. The third kappa shape index (κ3) is 2.50. The molecule has 17 heavy (non-hydrogen) atoms. The maximum absolute atomic E-state index is 12.2. The highest BCUT2D eigenvalue weighted by Gasteiger charge is 2.29. The maximum atomic E-state index is 12.2. The zero-order chi connectivity index (χ0) is 12.4. The minimum atomic E-state index is 0.0917. The lowest BCUT2D eigenvalue weighted by molar-refractivity contribution is -0.120. The van der Waals surface area contributed by atoms with Crippen LogP contribution in [0.4, 0.5) is 5.69 Å². The molecule has 1 aromatic carbocycles. The van der Waals surface area contributed by atoms with E-state index in [0.29, 0.717) is 5.92 Å². The smallest absolute Gasteiger partial charge is 0.229 e. The fraction of sp³-hybridized carbons (Fsp3) is 0.500. The number of benzene rings is 1. The molecule has 1 fully saturated rings. The van der Waals surface area contributed by atoms with Crippen LogP contribution in [0.2, 0.25) is 0 Å². The van der Waals surface area contributed by atoms with Crippen molar-refractivity contribution in [1.82, 2.24) is 5.32 Å². The van der Waals surface area contributed by atoms with Gasteiger partial charge in [0.25, 0.3) is 0 Å². The summed E-state index contributed by atoms with van der Waals surface area (Å²) in [7, 11) is 0. The van der Waals surface area contributed by atoms with Gasteiger partial charge in [-0.05, 0) is 37.4 Å². The lowest BCUT2D eigenvalue weighted by Crippen LogP contribution is -2.28. The van der Waals surface area contributed by atoms with Gasteiger partial charge in [0.2, 0.25) is 5.91 Å². The van der Waals surface area contributed by atoms with Gasteiger partial charge in [-0.15, -0.1) is 0 Å². The van der Waals surface area contributed by atoms with Gasteiger partial charge in [-0.25, -0.2) is 0 Å². The monoisotopic (exact) mass is 232 g/mol. The number of carbonyl (C=O) groups excluding carboxylic acids is 1. The molecule has 1 amide bonds. The minimum absolute atomic E-state index is 0.0917. The highest BCUT2D eigenvalue weighted by Crippen LogP contribution is 2.23. The zero-order valence-electron chi connectivity index (χ0n) is 10.7. The van der Waals surface area contributed by atoms with Crippen LogP contribution in [0.3, 0.4) is 0 Å². The number of rotatable bonds is 2. The second-order valence-corrected chi connectivity index (χ2v) is 5.00. The molecule has 0 spiro atoms. The molecule has 1 aliphatic heterocycles. The van der Waals surface area contributed by atoms with Crippen molar-refractivity contribution < 1.29 is 4.79 Å². The van der Waals surface area contributed by atoms with Gasteiger partial charge in [0, 0.05) is 12.2 Å². The van der Waals surface area contributed by atoms with E-state index in [2.05, 4.69) is 17.6 Å². The summed E-state index contributed by atoms with van der Waals surface area (Å²) in [5, 5.41) is 6.33. The minimum Gasteiger partial charge on any atom is -0.325 e. The van der Waals surface area contributed by atoms with Crippen LogP contribution in [0.15, 0.2) is 18.2 Å². The Labute approximate surface area is 103 Å². The summed E-state index contributed by atoms with van der Waals surface area (Å²) in [6.07, 6.45) is 0. The van der Waals surface area contributed by atoms with Crippen LogP contribution >= 0.6 is 0 Å². The van der Waals surface area contributed by atoms with Crippen molar-refractivity contribution in [3.05, 3.63) is 29.3 Å². The number of nitrogens with one attached hydrogen (secondary N) is 2. The molecule has 0 bridgehead atoms. The summed E-state index contributed by atoms with van der Waals surface area (Å²) >= 11 is 0. The Morgan fingerprint density at radius 1 is 1.29 bits per heavy atom. The quantitative estimate of drug-likeness (QED) is 0.820. The van der Waals surface area contributed by atoms with Crippen LogP contribution in [0, 0.1) is 25.7 Å². The topological polar surface area (TPSA) is 41.1 Å². The summed E-state index contributed by atoms with van der Waals surface area (Å²) < 4.78 is 0. The molecular weight excluding hydrogens is 212 g/mol. The van der Waals surface area contributed by atoms with E-state index in [-0.39, 0.29) is 11.8 Å². The highest BCUT2D eigenvalue weighted by molar-refractivity contribution is 5.94. The first-order valence-electron chi connectivity index (χ1n) is 6.17. The van der Waals surface area contributed by atoms with Crippen molar-refractivity contribution >= 4 is 11.6 Å². The second-order valence-electron chi connectivity index (χ2n) is 5.00. The number of hydrogen-bond donors (Lipinski definition) is 2. The SMILES string of the molecule is Cc1cccc(C)c1NC(=O)C1CNCC1C. The summed E-state index contributed by atoms with van der Waals surface area (Å²) in [6, 6.07) is 6.07. The van der Waals surface area contributed by atoms with E-state index in [0.717, 1.165) is 29.9 Å². The van der Waals surface area contributed by atoms with Crippen LogP contribution in [-0.4, -0.2) is 19.0 Å². The first-order chi connectivity index (χ1) is 8.09. The van der Waals surface area contributed by atoms with E-state index >= 15 is 0 Å². The number of anilines is 1. The van der Waals surface area contributed by atoms with E-state index in [1.807, 2.05) is 32.0 Å². The van der Waals surface area contributed by atoms with Crippen LogP contribution in [0.5, 0.6) is 0 Å². The molecule has 1 heterocycles. The number of hydrogen-bond acceptors (Lipinski definition) is 2. The molecule has 3 heteroatoms. The number of carbonyl (C=O) groups is 1. The van der Waals surface area contributed by atoms with E-state index in [1.54, 1.807) is 0 Å². The largest absolute Gasteiger partial charge is 0.325 e. The molecular formula is C14H20N2O. The van der Waals surface area contributed by atoms with Gasteiger partial charge in [0.15, 0.2) is 0 Å². The van der Waals surface area contributed by atoms with Crippen LogP contribution in [-0.2, 0) is 4.79 Å². The molecule has 1 saturated heterocycles. The second kappa shape index (κ2) is 4.88. The third-order valence-electron chi connectivity index (χ3n) is 3.58. The Hall–Kier alpha value is -1.35. The Balaban J connectivity index is 2.13. The number of aryl methyl sites for hydroxylation is 2. The molecule has 3 nitrogen and oxygen atoms in total. The van der Waals surface area contributed by atoms with Crippen molar-refractivity contribution in [2.24, 2.45) is 11.8 Å². The average molecular weight is 232 g/mol. The van der Waals surface area contributed by atoms with Crippen LogP contribution in [0.1, 0.15) is 18.1 Å². The number of para-hydroxylation sites is 1. The third-order valence-corrected chi connectivity index (χ3v) is 3.58. The van der Waals surface area contributed by atoms with Crippen molar-refractivity contribution in [1.29, 1.82) is 0 Å². The van der Waals surface area contributed by atoms with Gasteiger partial charge in [0.1, 0.15) is 0 Å². The Morgan fingerprint density at radius 2 is 1.94 bits per heavy atom. The maximum Gasteiger partial charge on any atom is 0.229 e. The van der Waals surface area contributed by atoms with Crippen molar-refractivity contribution in [3.63, 3.8) is 0 Å². The van der Waals surface area contributed by atoms with Crippen molar-refractivity contribution in [3.8, 4) is 0 Å². The molecule has 0 aliphatic carbocycles. The molecule has 2 N–H and O–H groups in total. The lowest BCUT2D eigenvalue weighted by atomic mass is 9.97. The zero-order valence-corrected chi connectivity index (χ0v) is 10.7. The molecule has 0 saturated carbocycles. The first-order valence-corrected chi connectivity index (χ1v) is 6.17. The summed E-state index contributed by atoms with van der Waals surface area (Å²) in [5.74, 6) is 0.647. The highest BCUT2D eigenvalue weighted by atomic mass is 16.1. The van der Waals surface area contributed by atoms with E-state index in [4.69, 9.17) is 0 Å².